The first kappa shape index (κ1) is 21.5. The quantitative estimate of drug-likeness (QED) is 0.209. The predicted molar refractivity (Wildman–Crippen MR) is 134 cm³/mol. The molecule has 34 heavy (non-hydrogen) atoms. The first-order chi connectivity index (χ1) is 16.7. The third kappa shape index (κ3) is 4.41. The molecule has 0 bridgehead atoms. The van der Waals surface area contributed by atoms with E-state index in [1.54, 1.807) is 24.7 Å². The van der Waals surface area contributed by atoms with E-state index in [0.717, 1.165) is 27.6 Å². The minimum absolute atomic E-state index is 0.263. The lowest BCUT2D eigenvalue weighted by atomic mass is 9.98. The second kappa shape index (κ2) is 9.63. The van der Waals surface area contributed by atoms with Crippen molar-refractivity contribution in [3.05, 3.63) is 132 Å². The van der Waals surface area contributed by atoms with Gasteiger partial charge in [0.1, 0.15) is 17.4 Å². The van der Waals surface area contributed by atoms with Crippen molar-refractivity contribution in [2.24, 2.45) is 0 Å². The van der Waals surface area contributed by atoms with Crippen molar-refractivity contribution in [3.63, 3.8) is 0 Å². The van der Waals surface area contributed by atoms with E-state index in [0.29, 0.717) is 24.3 Å². The Kier molecular flexibility index (Phi) is 6.08. The summed E-state index contributed by atoms with van der Waals surface area (Å²) in [5.41, 5.74) is 3.77. The lowest BCUT2D eigenvalue weighted by molar-refractivity contribution is 0.182. The zero-order chi connectivity index (χ0) is 23.3. The second-order valence-electron chi connectivity index (χ2n) is 8.03. The molecule has 1 atom stereocenters. The normalized spacial score (nSPS) is 11.9. The Bertz CT molecular complexity index is 1460. The maximum absolute atomic E-state index is 12.6. The maximum atomic E-state index is 12.6. The zero-order valence-corrected chi connectivity index (χ0v) is 18.6. The van der Waals surface area contributed by atoms with Crippen molar-refractivity contribution in [3.8, 4) is 16.9 Å². The van der Waals surface area contributed by atoms with Crippen LogP contribution in [0.5, 0.6) is 5.75 Å². The molecule has 0 amide bonds. The molecule has 0 aliphatic carbocycles. The molecule has 2 aromatic heterocycles. The minimum atomic E-state index is -0.396. The van der Waals surface area contributed by atoms with Crippen molar-refractivity contribution in [2.45, 2.75) is 19.1 Å². The molecule has 5 rings (SSSR count). The molecule has 168 valence electrons. The molecule has 0 saturated heterocycles. The third-order valence-corrected chi connectivity index (χ3v) is 5.78. The molecule has 0 aliphatic heterocycles. The van der Waals surface area contributed by atoms with E-state index in [4.69, 9.17) is 9.15 Å². The van der Waals surface area contributed by atoms with E-state index >= 15 is 0 Å². The van der Waals surface area contributed by atoms with E-state index in [1.165, 1.54) is 0 Å². The summed E-state index contributed by atoms with van der Waals surface area (Å²) >= 11 is 0. The number of hydrogen-bond donors (Lipinski definition) is 0. The first-order valence-electron chi connectivity index (χ1n) is 11.2. The van der Waals surface area contributed by atoms with Crippen LogP contribution in [0.1, 0.15) is 17.2 Å². The van der Waals surface area contributed by atoms with E-state index in [1.807, 2.05) is 83.6 Å². The Hall–Kier alpha value is -4.38. The highest BCUT2D eigenvalue weighted by Crippen LogP contribution is 2.36. The Morgan fingerprint density at radius 1 is 1.03 bits per heavy atom. The van der Waals surface area contributed by atoms with Crippen LogP contribution in [0, 0.1) is 0 Å². The summed E-state index contributed by atoms with van der Waals surface area (Å²) < 4.78 is 14.3. The fourth-order valence-electron chi connectivity index (χ4n) is 4.19. The van der Waals surface area contributed by atoms with Crippen LogP contribution in [0.2, 0.25) is 0 Å². The van der Waals surface area contributed by atoms with Crippen molar-refractivity contribution < 1.29 is 9.15 Å². The summed E-state index contributed by atoms with van der Waals surface area (Å²) in [6.45, 7) is 4.50. The molecule has 5 aromatic rings. The van der Waals surface area contributed by atoms with Crippen LogP contribution in [-0.2, 0) is 13.0 Å². The third-order valence-electron chi connectivity index (χ3n) is 5.78. The van der Waals surface area contributed by atoms with Gasteiger partial charge in [-0.3, -0.25) is 0 Å². The highest BCUT2D eigenvalue weighted by Gasteiger charge is 2.20. The van der Waals surface area contributed by atoms with Crippen molar-refractivity contribution in [1.82, 2.24) is 9.55 Å². The summed E-state index contributed by atoms with van der Waals surface area (Å²) in [7, 11) is 0. The Morgan fingerprint density at radius 3 is 2.50 bits per heavy atom. The molecule has 0 saturated carbocycles. The van der Waals surface area contributed by atoms with E-state index in [-0.39, 0.29) is 6.10 Å². The maximum Gasteiger partial charge on any atom is 0.336 e. The lowest BCUT2D eigenvalue weighted by Crippen LogP contribution is -2.15. The Balaban J connectivity index is 1.63. The van der Waals surface area contributed by atoms with E-state index in [9.17, 15) is 4.79 Å². The molecule has 5 nitrogen and oxygen atoms in total. The van der Waals surface area contributed by atoms with Crippen LogP contribution < -0.4 is 10.4 Å². The smallest absolute Gasteiger partial charge is 0.336 e. The van der Waals surface area contributed by atoms with Crippen LogP contribution in [0.15, 0.2) is 119 Å². The number of fused-ring (bicyclic) bond motifs is 1. The number of benzene rings is 3. The van der Waals surface area contributed by atoms with Gasteiger partial charge in [0.2, 0.25) is 0 Å². The number of imidazole rings is 1. The van der Waals surface area contributed by atoms with Gasteiger partial charge in [0.05, 0.1) is 12.9 Å². The summed E-state index contributed by atoms with van der Waals surface area (Å²) in [6, 6.07) is 25.4. The van der Waals surface area contributed by atoms with Gasteiger partial charge >= 0.3 is 5.63 Å². The summed E-state index contributed by atoms with van der Waals surface area (Å²) in [6.07, 6.45) is 7.47. The van der Waals surface area contributed by atoms with Gasteiger partial charge in [0.25, 0.3) is 0 Å². The Labute approximate surface area is 197 Å². The van der Waals surface area contributed by atoms with Gasteiger partial charge in [-0.25, -0.2) is 9.78 Å². The largest absolute Gasteiger partial charge is 0.483 e. The Morgan fingerprint density at radius 2 is 1.79 bits per heavy atom. The minimum Gasteiger partial charge on any atom is -0.483 e. The summed E-state index contributed by atoms with van der Waals surface area (Å²) in [5, 5.41) is 0.862. The van der Waals surface area contributed by atoms with Crippen LogP contribution in [0.3, 0.4) is 0 Å². The van der Waals surface area contributed by atoms with Gasteiger partial charge in [-0.05, 0) is 35.2 Å². The van der Waals surface area contributed by atoms with Crippen LogP contribution in [0.4, 0.5) is 0 Å². The molecular formula is C29H24N2O3. The SMILES string of the molecule is C=CCc1c(OC(Cn2ccnc2)c2ccccc2)ccc2c(-c3ccccc3)cc(=O)oc12. The van der Waals surface area contributed by atoms with Gasteiger partial charge in [-0.15, -0.1) is 6.58 Å². The molecular weight excluding hydrogens is 424 g/mol. The van der Waals surface area contributed by atoms with Crippen molar-refractivity contribution >= 4 is 11.0 Å². The summed E-state index contributed by atoms with van der Waals surface area (Å²) in [5.74, 6) is 0.662. The summed E-state index contributed by atoms with van der Waals surface area (Å²) in [4.78, 5) is 16.7. The van der Waals surface area contributed by atoms with Crippen molar-refractivity contribution in [1.29, 1.82) is 0 Å². The number of aromatic nitrogens is 2. The average molecular weight is 449 g/mol. The van der Waals surface area contributed by atoms with Gasteiger partial charge < -0.3 is 13.7 Å². The standard InChI is InChI=1S/C29H24N2O3/c1-2-9-24-26(33-27(19-31-17-16-30-20-31)22-12-7-4-8-13-22)15-14-23-25(18-28(32)34-29(23)24)21-10-5-3-6-11-21/h2-8,10-18,20,27H,1,9,19H2. The van der Waals surface area contributed by atoms with Crippen LogP contribution in [-0.4, -0.2) is 9.55 Å². The second-order valence-corrected chi connectivity index (χ2v) is 8.03. The number of hydrogen-bond acceptors (Lipinski definition) is 4. The molecule has 0 radical (unpaired) electrons. The van der Waals surface area contributed by atoms with Gasteiger partial charge in [-0.2, -0.15) is 0 Å². The molecule has 0 N–H and O–H groups in total. The lowest BCUT2D eigenvalue weighted by Gasteiger charge is -2.22. The highest BCUT2D eigenvalue weighted by molar-refractivity contribution is 5.95. The average Bonchev–Trinajstić information content (AvgIpc) is 3.39. The fourth-order valence-corrected chi connectivity index (χ4v) is 4.19. The molecule has 5 heteroatoms. The molecule has 1 unspecified atom stereocenters. The van der Waals surface area contributed by atoms with Gasteiger partial charge in [0.15, 0.2) is 0 Å². The van der Waals surface area contributed by atoms with Crippen LogP contribution >= 0.6 is 0 Å². The first-order valence-corrected chi connectivity index (χ1v) is 11.2. The highest BCUT2D eigenvalue weighted by atomic mass is 16.5. The number of allylic oxidation sites excluding steroid dienone is 1. The van der Waals surface area contributed by atoms with Gasteiger partial charge in [0, 0.05) is 29.4 Å². The predicted octanol–water partition coefficient (Wildman–Crippen LogP) is 6.21. The van der Waals surface area contributed by atoms with E-state index < -0.39 is 5.63 Å². The van der Waals surface area contributed by atoms with Crippen LogP contribution in [0.25, 0.3) is 22.1 Å². The molecule has 0 aliphatic rings. The zero-order valence-electron chi connectivity index (χ0n) is 18.6. The fraction of sp³-hybridized carbons (Fsp3) is 0.103. The van der Waals surface area contributed by atoms with Gasteiger partial charge in [-0.1, -0.05) is 66.7 Å². The molecule has 3 aromatic carbocycles. The number of nitrogens with zero attached hydrogens (tertiary/aromatic N) is 2. The number of ether oxygens (including phenoxy) is 1. The number of rotatable bonds is 8. The van der Waals surface area contributed by atoms with E-state index in [2.05, 4.69) is 11.6 Å². The monoisotopic (exact) mass is 448 g/mol. The molecule has 0 fully saturated rings. The van der Waals surface area contributed by atoms with Crippen molar-refractivity contribution in [2.75, 3.05) is 0 Å². The molecule has 2 heterocycles. The topological polar surface area (TPSA) is 57.3 Å². The molecule has 0 spiro atoms.